The fourth-order valence-corrected chi connectivity index (χ4v) is 1.63. The summed E-state index contributed by atoms with van der Waals surface area (Å²) in [6.07, 6.45) is 0.201. The van der Waals surface area contributed by atoms with Crippen molar-refractivity contribution < 1.29 is 18.7 Å². The molecule has 2 N–H and O–H groups in total. The number of aromatic nitrogens is 1. The van der Waals surface area contributed by atoms with Gasteiger partial charge in [0.15, 0.2) is 0 Å². The van der Waals surface area contributed by atoms with Crippen LogP contribution in [0.5, 0.6) is 0 Å². The van der Waals surface area contributed by atoms with Crippen LogP contribution in [0.2, 0.25) is 0 Å². The minimum absolute atomic E-state index is 0.145. The lowest BCUT2D eigenvalue weighted by Crippen LogP contribution is -2.26. The lowest BCUT2D eigenvalue weighted by molar-refractivity contribution is 0.118. The number of hydrogen-bond acceptors (Lipinski definition) is 5. The van der Waals surface area contributed by atoms with E-state index < -0.39 is 6.16 Å². The molecule has 22 heavy (non-hydrogen) atoms. The molecule has 124 valence electrons. The molecule has 0 spiro atoms. The zero-order valence-electron chi connectivity index (χ0n) is 13.1. The number of carbonyl (C=O) groups is 1. The van der Waals surface area contributed by atoms with Crippen molar-refractivity contribution in [2.75, 3.05) is 26.3 Å². The summed E-state index contributed by atoms with van der Waals surface area (Å²) >= 11 is 0. The maximum Gasteiger partial charge on any atom is 0.397 e. The van der Waals surface area contributed by atoms with Crippen LogP contribution in [0, 0.1) is 0 Å². The molecule has 0 saturated heterocycles. The molecule has 1 aromatic rings. The van der Waals surface area contributed by atoms with Crippen molar-refractivity contribution in [1.29, 1.82) is 0 Å². The molecule has 0 unspecified atom stereocenters. The van der Waals surface area contributed by atoms with Crippen molar-refractivity contribution >= 4 is 6.16 Å². The second-order valence-corrected chi connectivity index (χ2v) is 5.07. The van der Waals surface area contributed by atoms with E-state index in [1.807, 2.05) is 17.4 Å². The van der Waals surface area contributed by atoms with Gasteiger partial charge in [-0.2, -0.15) is 0 Å². The predicted octanol–water partition coefficient (Wildman–Crippen LogP) is 1.79. The van der Waals surface area contributed by atoms with Gasteiger partial charge in [0.25, 0.3) is 0 Å². The normalized spacial score (nSPS) is 10.9. The molecule has 1 aromatic heterocycles. The number of halogens is 1. The van der Waals surface area contributed by atoms with Crippen LogP contribution in [0.4, 0.5) is 9.18 Å². The van der Waals surface area contributed by atoms with E-state index in [-0.39, 0.29) is 13.2 Å². The van der Waals surface area contributed by atoms with Crippen LogP contribution in [0.3, 0.4) is 0 Å². The van der Waals surface area contributed by atoms with E-state index in [1.165, 1.54) is 0 Å². The molecule has 1 rings (SSSR count). The van der Waals surface area contributed by atoms with Gasteiger partial charge in [0.2, 0.25) is 0 Å². The molecule has 0 aliphatic heterocycles. The Labute approximate surface area is 130 Å². The number of rotatable bonds is 11. The minimum atomic E-state index is -1.55. The first-order chi connectivity index (χ1) is 10.6. The van der Waals surface area contributed by atoms with Gasteiger partial charge in [-0.3, -0.25) is 4.98 Å². The molecule has 1 amide bonds. The number of nitrogens with zero attached hydrogens (tertiary/aromatic N) is 1. The molecule has 0 bridgehead atoms. The number of nitrogens with one attached hydrogen (secondary N) is 2. The van der Waals surface area contributed by atoms with Crippen LogP contribution in [-0.4, -0.2) is 43.5 Å². The highest BCUT2D eigenvalue weighted by Crippen LogP contribution is 2.03. The first-order valence-electron chi connectivity index (χ1n) is 7.34. The van der Waals surface area contributed by atoms with Crippen molar-refractivity contribution in [3.63, 3.8) is 0 Å². The molecule has 0 aliphatic rings. The standard InChI is InChI=1S/C15H24FN3O3/c1-12(2)17-5-7-21-10-13-3-4-14(19-9-13)11-22-8-6-18-15(16)20/h3-4,9,12,17H,5-8,10-11H2,1-2H3,(H,18,20). The molecule has 7 heteroatoms. The van der Waals surface area contributed by atoms with Gasteiger partial charge in [0, 0.05) is 25.3 Å². The van der Waals surface area contributed by atoms with Crippen molar-refractivity contribution in [2.24, 2.45) is 0 Å². The molecule has 6 nitrogen and oxygen atoms in total. The minimum Gasteiger partial charge on any atom is -0.375 e. The predicted molar refractivity (Wildman–Crippen MR) is 81.2 cm³/mol. The van der Waals surface area contributed by atoms with Crippen LogP contribution in [0.25, 0.3) is 0 Å². The lowest BCUT2D eigenvalue weighted by Gasteiger charge is -2.09. The lowest BCUT2D eigenvalue weighted by atomic mass is 10.2. The fourth-order valence-electron chi connectivity index (χ4n) is 1.63. The number of pyridine rings is 1. The molecule has 0 radical (unpaired) electrons. The van der Waals surface area contributed by atoms with E-state index >= 15 is 0 Å². The Morgan fingerprint density at radius 3 is 2.59 bits per heavy atom. The molecule has 0 saturated carbocycles. The largest absolute Gasteiger partial charge is 0.397 e. The van der Waals surface area contributed by atoms with Crippen molar-refractivity contribution in [3.8, 4) is 0 Å². The number of hydrogen-bond donors (Lipinski definition) is 2. The molecule has 0 aliphatic carbocycles. The Balaban J connectivity index is 2.13. The van der Waals surface area contributed by atoms with Gasteiger partial charge < -0.3 is 20.1 Å². The van der Waals surface area contributed by atoms with Crippen molar-refractivity contribution in [2.45, 2.75) is 33.1 Å². The summed E-state index contributed by atoms with van der Waals surface area (Å²) in [5, 5.41) is 5.28. The quantitative estimate of drug-likeness (QED) is 0.370. The maximum atomic E-state index is 11.9. The molecular weight excluding hydrogens is 289 g/mol. The van der Waals surface area contributed by atoms with Crippen molar-refractivity contribution in [3.05, 3.63) is 29.6 Å². The van der Waals surface area contributed by atoms with E-state index in [0.29, 0.717) is 25.9 Å². The van der Waals surface area contributed by atoms with E-state index in [1.54, 1.807) is 6.20 Å². The Bertz CT molecular complexity index is 427. The highest BCUT2D eigenvalue weighted by Gasteiger charge is 1.99. The zero-order valence-corrected chi connectivity index (χ0v) is 13.1. The number of amides is 1. The highest BCUT2D eigenvalue weighted by atomic mass is 19.1. The second-order valence-electron chi connectivity index (χ2n) is 5.07. The summed E-state index contributed by atoms with van der Waals surface area (Å²) in [7, 11) is 0. The topological polar surface area (TPSA) is 72.5 Å². The fraction of sp³-hybridized carbons (Fsp3) is 0.600. The zero-order chi connectivity index (χ0) is 16.2. The smallest absolute Gasteiger partial charge is 0.375 e. The summed E-state index contributed by atoms with van der Waals surface area (Å²) in [5.74, 6) is 0. The Kier molecular flexibility index (Phi) is 9.29. The van der Waals surface area contributed by atoms with Crippen LogP contribution >= 0.6 is 0 Å². The number of ether oxygens (including phenoxy) is 2. The summed E-state index contributed by atoms with van der Waals surface area (Å²) < 4.78 is 22.7. The Morgan fingerprint density at radius 1 is 1.23 bits per heavy atom. The summed E-state index contributed by atoms with van der Waals surface area (Å²) in [6.45, 7) is 6.90. The third-order valence-electron chi connectivity index (χ3n) is 2.71. The van der Waals surface area contributed by atoms with E-state index in [4.69, 9.17) is 9.47 Å². The second kappa shape index (κ2) is 11.1. The van der Waals surface area contributed by atoms with Gasteiger partial charge in [-0.1, -0.05) is 19.9 Å². The van der Waals surface area contributed by atoms with Gasteiger partial charge in [0.05, 0.1) is 32.1 Å². The van der Waals surface area contributed by atoms with Gasteiger partial charge in [0.1, 0.15) is 0 Å². The van der Waals surface area contributed by atoms with Gasteiger partial charge in [-0.15, -0.1) is 4.39 Å². The number of carbonyl (C=O) groups excluding carboxylic acids is 1. The average Bonchev–Trinajstić information content (AvgIpc) is 2.47. The van der Waals surface area contributed by atoms with Gasteiger partial charge in [-0.05, 0) is 11.6 Å². The Hall–Kier alpha value is -1.57. The third-order valence-corrected chi connectivity index (χ3v) is 2.71. The highest BCUT2D eigenvalue weighted by molar-refractivity contribution is 5.65. The van der Waals surface area contributed by atoms with E-state index in [0.717, 1.165) is 17.8 Å². The maximum absolute atomic E-state index is 11.9. The van der Waals surface area contributed by atoms with E-state index in [2.05, 4.69) is 24.1 Å². The molecule has 0 atom stereocenters. The molecule has 1 heterocycles. The van der Waals surface area contributed by atoms with Crippen LogP contribution in [0.1, 0.15) is 25.1 Å². The first-order valence-corrected chi connectivity index (χ1v) is 7.34. The molecule has 0 fully saturated rings. The molecule has 0 aromatic carbocycles. The van der Waals surface area contributed by atoms with Gasteiger partial charge in [-0.25, -0.2) is 4.79 Å². The van der Waals surface area contributed by atoms with Crippen LogP contribution < -0.4 is 10.6 Å². The van der Waals surface area contributed by atoms with Crippen LogP contribution in [0.15, 0.2) is 18.3 Å². The summed E-state index contributed by atoms with van der Waals surface area (Å²) in [6, 6.07) is 4.26. The summed E-state index contributed by atoms with van der Waals surface area (Å²) in [5.41, 5.74) is 1.77. The average molecular weight is 313 g/mol. The summed E-state index contributed by atoms with van der Waals surface area (Å²) in [4.78, 5) is 14.3. The SMILES string of the molecule is CC(C)NCCOCc1ccc(COCCNC(=O)F)nc1. The van der Waals surface area contributed by atoms with Crippen LogP contribution in [-0.2, 0) is 22.7 Å². The third kappa shape index (κ3) is 9.38. The monoisotopic (exact) mass is 313 g/mol. The van der Waals surface area contributed by atoms with Gasteiger partial charge >= 0.3 is 6.16 Å². The Morgan fingerprint density at radius 2 is 1.95 bits per heavy atom. The van der Waals surface area contributed by atoms with Crippen molar-refractivity contribution in [1.82, 2.24) is 15.6 Å². The van der Waals surface area contributed by atoms with E-state index in [9.17, 15) is 9.18 Å². The first kappa shape index (κ1) is 18.5. The molecular formula is C15H24FN3O3.